The fraction of sp³-hybridized carbons (Fsp3) is 0.588. The van der Waals surface area contributed by atoms with Crippen molar-refractivity contribution in [2.24, 2.45) is 0 Å². The molecule has 2 unspecified atom stereocenters. The average molecular weight is 639 g/mol. The van der Waals surface area contributed by atoms with E-state index in [0.717, 1.165) is 30.4 Å². The lowest BCUT2D eigenvalue weighted by molar-refractivity contribution is -0.0386. The zero-order chi connectivity index (χ0) is 33.4. The maximum absolute atomic E-state index is 13.1. The van der Waals surface area contributed by atoms with Gasteiger partial charge in [-0.25, -0.2) is 14.4 Å². The number of carbonyl (C=O) groups excluding carboxylic acids is 2. The van der Waals surface area contributed by atoms with Gasteiger partial charge in [0.05, 0.1) is 6.10 Å². The van der Waals surface area contributed by atoms with Gasteiger partial charge in [-0.15, -0.1) is 6.42 Å². The molecule has 12 nitrogen and oxygen atoms in total. The van der Waals surface area contributed by atoms with Gasteiger partial charge in [0.15, 0.2) is 0 Å². The van der Waals surface area contributed by atoms with E-state index in [4.69, 9.17) is 25.4 Å². The van der Waals surface area contributed by atoms with Crippen molar-refractivity contribution in [2.45, 2.75) is 103 Å². The SMILES string of the molecule is C#Cc1ccc(CN(CCOC(=O)OC2C[C@H](n3cc(C)c(=O)[nH]c3=O)O[C@@H]2CC)CC2CCCCN2C(=O)OC(C)(C)C)cc1. The zero-order valence-corrected chi connectivity index (χ0v) is 27.5. The lowest BCUT2D eigenvalue weighted by atomic mass is 10.0. The van der Waals surface area contributed by atoms with E-state index in [1.165, 1.54) is 10.8 Å². The second-order valence-electron chi connectivity index (χ2n) is 12.9. The van der Waals surface area contributed by atoms with Crippen molar-refractivity contribution in [3.8, 4) is 12.3 Å². The summed E-state index contributed by atoms with van der Waals surface area (Å²) in [4.78, 5) is 56.3. The number of rotatable bonds is 10. The third-order valence-electron chi connectivity index (χ3n) is 8.16. The molecule has 2 aliphatic heterocycles. The van der Waals surface area contributed by atoms with E-state index in [-0.39, 0.29) is 25.2 Å². The van der Waals surface area contributed by atoms with Gasteiger partial charge in [0.1, 0.15) is 24.5 Å². The Morgan fingerprint density at radius 2 is 1.91 bits per heavy atom. The number of hydrogen-bond donors (Lipinski definition) is 1. The molecule has 1 aromatic heterocycles. The van der Waals surface area contributed by atoms with Crippen LogP contribution < -0.4 is 11.2 Å². The number of benzene rings is 1. The van der Waals surface area contributed by atoms with Crippen molar-refractivity contribution in [3.05, 3.63) is 68.0 Å². The number of hydrogen-bond acceptors (Lipinski definition) is 9. The highest BCUT2D eigenvalue weighted by atomic mass is 16.7. The largest absolute Gasteiger partial charge is 0.508 e. The number of piperidine rings is 1. The highest BCUT2D eigenvalue weighted by molar-refractivity contribution is 5.68. The van der Waals surface area contributed by atoms with Gasteiger partial charge in [-0.1, -0.05) is 25.0 Å². The number of nitrogens with one attached hydrogen (secondary N) is 1. The third kappa shape index (κ3) is 9.47. The Morgan fingerprint density at radius 3 is 2.59 bits per heavy atom. The van der Waals surface area contributed by atoms with Crippen molar-refractivity contribution in [1.82, 2.24) is 19.4 Å². The number of aromatic amines is 1. The summed E-state index contributed by atoms with van der Waals surface area (Å²) in [6.07, 6.45) is 7.62. The highest BCUT2D eigenvalue weighted by Crippen LogP contribution is 2.32. The van der Waals surface area contributed by atoms with Crippen molar-refractivity contribution >= 4 is 12.2 Å². The molecular weight excluding hydrogens is 592 g/mol. The summed E-state index contributed by atoms with van der Waals surface area (Å²) in [5.41, 5.74) is 0.557. The fourth-order valence-electron chi connectivity index (χ4n) is 5.82. The Labute approximate surface area is 270 Å². The quantitative estimate of drug-likeness (QED) is 0.298. The van der Waals surface area contributed by atoms with Crippen LogP contribution in [-0.4, -0.2) is 81.7 Å². The molecule has 2 fully saturated rings. The first-order valence-corrected chi connectivity index (χ1v) is 15.9. The van der Waals surface area contributed by atoms with Gasteiger partial charge in [0, 0.05) is 56.0 Å². The molecule has 1 aromatic carbocycles. The molecule has 0 bridgehead atoms. The van der Waals surface area contributed by atoms with Crippen molar-refractivity contribution in [2.75, 3.05) is 26.2 Å². The lowest BCUT2D eigenvalue weighted by Crippen LogP contribution is -2.51. The normalized spacial score (nSPS) is 21.5. The minimum atomic E-state index is -0.830. The van der Waals surface area contributed by atoms with E-state index >= 15 is 0 Å². The van der Waals surface area contributed by atoms with Crippen LogP contribution in [0.15, 0.2) is 40.1 Å². The van der Waals surface area contributed by atoms with Crippen LogP contribution in [0.3, 0.4) is 0 Å². The zero-order valence-electron chi connectivity index (χ0n) is 27.5. The van der Waals surface area contributed by atoms with Gasteiger partial charge in [0.25, 0.3) is 5.56 Å². The smallest absolute Gasteiger partial charge is 0.444 e. The van der Waals surface area contributed by atoms with E-state index < -0.39 is 41.4 Å². The van der Waals surface area contributed by atoms with Crippen LogP contribution >= 0.6 is 0 Å². The summed E-state index contributed by atoms with van der Waals surface area (Å²) >= 11 is 0. The number of aromatic nitrogens is 2. The van der Waals surface area contributed by atoms with Crippen molar-refractivity contribution < 1.29 is 28.5 Å². The average Bonchev–Trinajstić information content (AvgIpc) is 3.40. The van der Waals surface area contributed by atoms with Crippen LogP contribution in [-0.2, 0) is 25.5 Å². The maximum Gasteiger partial charge on any atom is 0.508 e. The minimum absolute atomic E-state index is 0.0571. The van der Waals surface area contributed by atoms with E-state index in [0.29, 0.717) is 38.2 Å². The first-order valence-electron chi connectivity index (χ1n) is 15.9. The summed E-state index contributed by atoms with van der Waals surface area (Å²) in [7, 11) is 0. The number of carbonyl (C=O) groups is 2. The second-order valence-corrected chi connectivity index (χ2v) is 12.9. The van der Waals surface area contributed by atoms with Crippen LogP contribution in [0.4, 0.5) is 9.59 Å². The molecule has 1 N–H and O–H groups in total. The third-order valence-corrected chi connectivity index (χ3v) is 8.16. The van der Waals surface area contributed by atoms with Crippen LogP contribution in [0.5, 0.6) is 0 Å². The summed E-state index contributed by atoms with van der Waals surface area (Å²) in [5.74, 6) is 2.63. The summed E-state index contributed by atoms with van der Waals surface area (Å²) in [6, 6.07) is 7.66. The minimum Gasteiger partial charge on any atom is -0.444 e. The fourth-order valence-corrected chi connectivity index (χ4v) is 5.82. The van der Waals surface area contributed by atoms with Crippen molar-refractivity contribution in [1.29, 1.82) is 0 Å². The van der Waals surface area contributed by atoms with Crippen LogP contribution in [0.25, 0.3) is 0 Å². The molecule has 0 spiro atoms. The lowest BCUT2D eigenvalue weighted by Gasteiger charge is -2.39. The summed E-state index contributed by atoms with van der Waals surface area (Å²) in [5, 5.41) is 0. The number of amides is 1. The van der Waals surface area contributed by atoms with Crippen LogP contribution in [0, 0.1) is 19.3 Å². The van der Waals surface area contributed by atoms with E-state index in [1.807, 2.05) is 56.9 Å². The molecule has 3 heterocycles. The van der Waals surface area contributed by atoms with Gasteiger partial charge < -0.3 is 23.8 Å². The van der Waals surface area contributed by atoms with Crippen LogP contribution in [0.1, 0.15) is 82.7 Å². The Morgan fingerprint density at radius 1 is 1.17 bits per heavy atom. The van der Waals surface area contributed by atoms with E-state index in [9.17, 15) is 19.2 Å². The number of aryl methyl sites for hydroxylation is 1. The molecule has 250 valence electrons. The Hall–Kier alpha value is -4.08. The second kappa shape index (κ2) is 15.5. The predicted molar refractivity (Wildman–Crippen MR) is 171 cm³/mol. The standard InChI is InChI=1S/C34H46N4O8/c1-7-24-12-14-25(15-13-24)21-36(22-26-11-9-10-16-37(26)32(41)46-34(4,5)6)17-18-43-33(42)45-28-19-29(44-27(28)8-2)38-20-23(3)30(39)35-31(38)40/h1,12-15,20,26-29H,8-11,16-19,21-22H2,2-6H3,(H,35,39,40)/t26?,27-,28?,29-/m1/s1. The number of terminal acetylenes is 1. The molecule has 46 heavy (non-hydrogen) atoms. The monoisotopic (exact) mass is 638 g/mol. The molecule has 2 aliphatic rings. The maximum atomic E-state index is 13.1. The van der Waals surface area contributed by atoms with Gasteiger partial charge in [-0.05, 0) is 71.1 Å². The number of ether oxygens (including phenoxy) is 4. The topological polar surface area (TPSA) is 132 Å². The van der Waals surface area contributed by atoms with Gasteiger partial charge >= 0.3 is 17.9 Å². The summed E-state index contributed by atoms with van der Waals surface area (Å²) < 4.78 is 24.2. The Kier molecular flexibility index (Phi) is 11.7. The van der Waals surface area contributed by atoms with E-state index in [2.05, 4.69) is 15.8 Å². The number of nitrogens with zero attached hydrogens (tertiary/aromatic N) is 3. The molecule has 0 aliphatic carbocycles. The Bertz CT molecular complexity index is 1500. The molecule has 12 heteroatoms. The van der Waals surface area contributed by atoms with E-state index in [1.54, 1.807) is 6.92 Å². The first-order chi connectivity index (χ1) is 21.9. The number of likely N-dealkylation sites (tertiary alicyclic amines) is 1. The molecule has 0 radical (unpaired) electrons. The first kappa shape index (κ1) is 34.8. The van der Waals surface area contributed by atoms with Gasteiger partial charge in [0.2, 0.25) is 0 Å². The van der Waals surface area contributed by atoms with Gasteiger partial charge in [-0.3, -0.25) is 19.2 Å². The molecule has 0 saturated carbocycles. The molecule has 1 amide bonds. The molecule has 4 atom stereocenters. The van der Waals surface area contributed by atoms with Gasteiger partial charge in [-0.2, -0.15) is 0 Å². The predicted octanol–water partition coefficient (Wildman–Crippen LogP) is 4.34. The van der Waals surface area contributed by atoms with Crippen LogP contribution in [0.2, 0.25) is 0 Å². The molecule has 2 saturated heterocycles. The molecular formula is C34H46N4O8. The number of H-pyrrole nitrogens is 1. The summed E-state index contributed by atoms with van der Waals surface area (Å²) in [6.45, 7) is 11.3. The van der Waals surface area contributed by atoms with Crippen molar-refractivity contribution in [3.63, 3.8) is 0 Å². The molecule has 4 rings (SSSR count). The molecule has 2 aromatic rings. The highest BCUT2D eigenvalue weighted by Gasteiger charge is 2.39. The Balaban J connectivity index is 1.38.